The Morgan fingerprint density at radius 1 is 1.44 bits per heavy atom. The Kier molecular flexibility index (Phi) is 3.67. The summed E-state index contributed by atoms with van der Waals surface area (Å²) in [6, 6.07) is 2.63. The van der Waals surface area contributed by atoms with Crippen molar-refractivity contribution in [1.29, 1.82) is 5.26 Å². The van der Waals surface area contributed by atoms with Crippen LogP contribution in [-0.2, 0) is 10.0 Å². The summed E-state index contributed by atoms with van der Waals surface area (Å²) in [5.74, 6) is -2.92. The van der Waals surface area contributed by atoms with Gasteiger partial charge in [-0.05, 0) is 6.07 Å². The van der Waals surface area contributed by atoms with Crippen LogP contribution in [0.1, 0.15) is 0 Å². The van der Waals surface area contributed by atoms with Gasteiger partial charge in [-0.3, -0.25) is 4.72 Å². The van der Waals surface area contributed by atoms with Gasteiger partial charge in [0.05, 0.1) is 11.1 Å². The SMILES string of the molecule is N#CCS(=O)(=O)Nc1c(F)cc(F)cc1Cl. The lowest BCUT2D eigenvalue weighted by atomic mass is 10.3. The molecule has 0 atom stereocenters. The molecule has 0 aliphatic rings. The maximum Gasteiger partial charge on any atom is 0.246 e. The highest BCUT2D eigenvalue weighted by molar-refractivity contribution is 7.92. The fraction of sp³-hybridized carbons (Fsp3) is 0.125. The summed E-state index contributed by atoms with van der Waals surface area (Å²) in [5.41, 5.74) is -0.571. The van der Waals surface area contributed by atoms with E-state index in [4.69, 9.17) is 16.9 Å². The lowest BCUT2D eigenvalue weighted by molar-refractivity contribution is 0.583. The van der Waals surface area contributed by atoms with E-state index < -0.39 is 38.1 Å². The highest BCUT2D eigenvalue weighted by atomic mass is 35.5. The molecule has 1 rings (SSSR count). The predicted octanol–water partition coefficient (Wildman–Crippen LogP) is 1.88. The van der Waals surface area contributed by atoms with E-state index in [-0.39, 0.29) is 0 Å². The smallest absolute Gasteiger partial charge is 0.246 e. The zero-order chi connectivity index (χ0) is 12.3. The molecule has 0 bridgehead atoms. The van der Waals surface area contributed by atoms with Crippen molar-refractivity contribution < 1.29 is 17.2 Å². The minimum Gasteiger partial charge on any atom is -0.278 e. The first-order valence-electron chi connectivity index (χ1n) is 3.87. The third kappa shape index (κ3) is 3.05. The van der Waals surface area contributed by atoms with E-state index in [1.165, 1.54) is 6.07 Å². The summed E-state index contributed by atoms with van der Waals surface area (Å²) < 4.78 is 49.8. The summed E-state index contributed by atoms with van der Waals surface area (Å²) in [7, 11) is -4.00. The number of benzene rings is 1. The summed E-state index contributed by atoms with van der Waals surface area (Å²) in [6.07, 6.45) is 0. The van der Waals surface area contributed by atoms with Crippen LogP contribution in [0, 0.1) is 23.0 Å². The molecule has 0 fully saturated rings. The van der Waals surface area contributed by atoms with Gasteiger partial charge in [-0.15, -0.1) is 0 Å². The van der Waals surface area contributed by atoms with Crippen LogP contribution in [0.5, 0.6) is 0 Å². The Morgan fingerprint density at radius 2 is 2.06 bits per heavy atom. The Morgan fingerprint density at radius 3 is 2.56 bits per heavy atom. The number of nitriles is 1. The lowest BCUT2D eigenvalue weighted by Crippen LogP contribution is -2.16. The highest BCUT2D eigenvalue weighted by Gasteiger charge is 2.16. The van der Waals surface area contributed by atoms with E-state index in [0.717, 1.165) is 6.07 Å². The molecule has 0 aliphatic carbocycles. The van der Waals surface area contributed by atoms with Crippen molar-refractivity contribution in [2.75, 3.05) is 10.5 Å². The molecule has 0 spiro atoms. The predicted molar refractivity (Wildman–Crippen MR) is 54.4 cm³/mol. The zero-order valence-corrected chi connectivity index (χ0v) is 9.24. The number of rotatable bonds is 3. The molecule has 0 radical (unpaired) electrons. The van der Waals surface area contributed by atoms with Gasteiger partial charge in [-0.25, -0.2) is 17.2 Å². The minimum atomic E-state index is -4.00. The van der Waals surface area contributed by atoms with Gasteiger partial charge in [0.15, 0.2) is 11.6 Å². The van der Waals surface area contributed by atoms with E-state index in [1.807, 2.05) is 0 Å². The first-order valence-corrected chi connectivity index (χ1v) is 5.91. The van der Waals surface area contributed by atoms with Gasteiger partial charge < -0.3 is 0 Å². The molecule has 0 amide bonds. The van der Waals surface area contributed by atoms with E-state index in [2.05, 4.69) is 0 Å². The number of nitrogens with one attached hydrogen (secondary N) is 1. The standard InChI is InChI=1S/C8H5ClF2N2O2S/c9-6-3-5(10)4-7(11)8(6)13-16(14,15)2-1-12/h3-4,13H,2H2. The minimum absolute atomic E-state index is 0.418. The van der Waals surface area contributed by atoms with Crippen LogP contribution >= 0.6 is 11.6 Å². The van der Waals surface area contributed by atoms with E-state index in [0.29, 0.717) is 6.07 Å². The van der Waals surface area contributed by atoms with Gasteiger partial charge in [-0.1, -0.05) is 11.6 Å². The quantitative estimate of drug-likeness (QED) is 0.908. The van der Waals surface area contributed by atoms with Gasteiger partial charge in [0, 0.05) is 6.07 Å². The molecule has 8 heteroatoms. The number of sulfonamides is 1. The Bertz CT molecular complexity index is 531. The van der Waals surface area contributed by atoms with Crippen LogP contribution < -0.4 is 4.72 Å². The average Bonchev–Trinajstić information content (AvgIpc) is 2.11. The van der Waals surface area contributed by atoms with Gasteiger partial charge in [0.2, 0.25) is 10.0 Å². The third-order valence-corrected chi connectivity index (χ3v) is 2.84. The van der Waals surface area contributed by atoms with Gasteiger partial charge in [0.1, 0.15) is 11.5 Å². The number of hydrogen-bond donors (Lipinski definition) is 1. The van der Waals surface area contributed by atoms with Gasteiger partial charge >= 0.3 is 0 Å². The number of anilines is 1. The average molecular weight is 267 g/mol. The van der Waals surface area contributed by atoms with Crippen LogP contribution in [0.4, 0.5) is 14.5 Å². The fourth-order valence-corrected chi connectivity index (χ4v) is 1.97. The third-order valence-electron chi connectivity index (χ3n) is 1.52. The molecule has 16 heavy (non-hydrogen) atoms. The second-order valence-electron chi connectivity index (χ2n) is 2.76. The Balaban J connectivity index is 3.13. The lowest BCUT2D eigenvalue weighted by Gasteiger charge is -2.08. The maximum atomic E-state index is 13.1. The fourth-order valence-electron chi connectivity index (χ4n) is 0.916. The van der Waals surface area contributed by atoms with Crippen molar-refractivity contribution in [2.24, 2.45) is 0 Å². The number of halogens is 3. The Hall–Kier alpha value is -1.39. The van der Waals surface area contributed by atoms with Crippen LogP contribution in [0.2, 0.25) is 5.02 Å². The Labute approximate surface area is 95.5 Å². The van der Waals surface area contributed by atoms with Crippen molar-refractivity contribution in [2.45, 2.75) is 0 Å². The van der Waals surface area contributed by atoms with E-state index in [1.54, 1.807) is 4.72 Å². The summed E-state index contributed by atoms with van der Waals surface area (Å²) in [6.45, 7) is 0. The van der Waals surface area contributed by atoms with Crippen molar-refractivity contribution in [3.8, 4) is 6.07 Å². The van der Waals surface area contributed by atoms with E-state index >= 15 is 0 Å². The monoisotopic (exact) mass is 266 g/mol. The summed E-state index contributed by atoms with van der Waals surface area (Å²) in [5, 5.41) is 7.79. The maximum absolute atomic E-state index is 13.1. The molecule has 0 heterocycles. The highest BCUT2D eigenvalue weighted by Crippen LogP contribution is 2.27. The molecule has 1 N–H and O–H groups in total. The second kappa shape index (κ2) is 4.63. The molecule has 0 aliphatic heterocycles. The molecule has 1 aromatic rings. The largest absolute Gasteiger partial charge is 0.278 e. The molecule has 0 saturated carbocycles. The topological polar surface area (TPSA) is 70.0 Å². The first kappa shape index (κ1) is 12.7. The van der Waals surface area contributed by atoms with E-state index in [9.17, 15) is 17.2 Å². The zero-order valence-electron chi connectivity index (χ0n) is 7.67. The molecule has 1 aromatic carbocycles. The van der Waals surface area contributed by atoms with Crippen LogP contribution in [-0.4, -0.2) is 14.2 Å². The first-order chi connectivity index (χ1) is 7.35. The van der Waals surface area contributed by atoms with Crippen molar-refractivity contribution in [3.63, 3.8) is 0 Å². The van der Waals surface area contributed by atoms with Crippen molar-refractivity contribution in [3.05, 3.63) is 28.8 Å². The normalized spacial score (nSPS) is 10.9. The van der Waals surface area contributed by atoms with Crippen LogP contribution in [0.25, 0.3) is 0 Å². The summed E-state index contributed by atoms with van der Waals surface area (Å²) >= 11 is 5.45. The molecule has 86 valence electrons. The van der Waals surface area contributed by atoms with Crippen molar-refractivity contribution in [1.82, 2.24) is 0 Å². The van der Waals surface area contributed by atoms with Gasteiger partial charge in [0.25, 0.3) is 0 Å². The molecular formula is C8H5ClF2N2O2S. The summed E-state index contributed by atoms with van der Waals surface area (Å²) in [4.78, 5) is 0. The molecule has 4 nitrogen and oxygen atoms in total. The van der Waals surface area contributed by atoms with Crippen LogP contribution in [0.15, 0.2) is 12.1 Å². The number of hydrogen-bond acceptors (Lipinski definition) is 3. The van der Waals surface area contributed by atoms with Crippen molar-refractivity contribution >= 4 is 27.3 Å². The van der Waals surface area contributed by atoms with Gasteiger partial charge in [-0.2, -0.15) is 5.26 Å². The molecular weight excluding hydrogens is 262 g/mol. The van der Waals surface area contributed by atoms with Crippen LogP contribution in [0.3, 0.4) is 0 Å². The molecule has 0 unspecified atom stereocenters. The molecule has 0 saturated heterocycles. The second-order valence-corrected chi connectivity index (χ2v) is 4.89. The molecule has 0 aromatic heterocycles. The number of nitrogens with zero attached hydrogens (tertiary/aromatic N) is 1.